The molecule has 1 saturated carbocycles. The Bertz CT molecular complexity index is 844. The van der Waals surface area contributed by atoms with Gasteiger partial charge in [-0.15, -0.1) is 11.3 Å². The van der Waals surface area contributed by atoms with Crippen molar-refractivity contribution in [2.45, 2.75) is 38.5 Å². The summed E-state index contributed by atoms with van der Waals surface area (Å²) in [5.74, 6) is 0.490. The Kier molecular flexibility index (Phi) is 5.54. The number of carbonyl (C=O) groups excluding carboxylic acids is 2. The summed E-state index contributed by atoms with van der Waals surface area (Å²) in [5, 5.41) is 4.98. The Morgan fingerprint density at radius 3 is 2.68 bits per heavy atom. The number of likely N-dealkylation sites (tertiary alicyclic amines) is 1. The highest BCUT2D eigenvalue weighted by Crippen LogP contribution is 2.39. The molecule has 2 aromatic rings. The van der Waals surface area contributed by atoms with Crippen LogP contribution in [0.25, 0.3) is 10.4 Å². The Hall–Kier alpha value is -2.14. The van der Waals surface area contributed by atoms with Crippen LogP contribution in [0.1, 0.15) is 37.7 Å². The van der Waals surface area contributed by atoms with E-state index < -0.39 is 5.41 Å². The van der Waals surface area contributed by atoms with Crippen molar-refractivity contribution in [2.24, 2.45) is 11.3 Å². The van der Waals surface area contributed by atoms with Gasteiger partial charge < -0.3 is 10.2 Å². The van der Waals surface area contributed by atoms with Gasteiger partial charge in [-0.05, 0) is 54.7 Å². The van der Waals surface area contributed by atoms with E-state index >= 15 is 0 Å². The van der Waals surface area contributed by atoms with Crippen molar-refractivity contribution in [2.75, 3.05) is 20.1 Å². The van der Waals surface area contributed by atoms with E-state index in [-0.39, 0.29) is 17.7 Å². The molecule has 1 aliphatic carbocycles. The average Bonchev–Trinajstić information content (AvgIpc) is 3.21. The molecule has 148 valence electrons. The minimum atomic E-state index is -0.556. The third-order valence-corrected chi connectivity index (χ3v) is 7.29. The van der Waals surface area contributed by atoms with Gasteiger partial charge in [0.05, 0.1) is 5.41 Å². The van der Waals surface area contributed by atoms with Gasteiger partial charge in [-0.1, -0.05) is 36.8 Å². The lowest BCUT2D eigenvalue weighted by Crippen LogP contribution is -2.55. The topological polar surface area (TPSA) is 49.4 Å². The minimum Gasteiger partial charge on any atom is -0.359 e. The number of hydrogen-bond acceptors (Lipinski definition) is 3. The summed E-state index contributed by atoms with van der Waals surface area (Å²) in [7, 11) is 1.71. The number of carbonyl (C=O) groups is 2. The number of hydrogen-bond donors (Lipinski definition) is 1. The molecular formula is C23H28N2O2S. The lowest BCUT2D eigenvalue weighted by atomic mass is 9.72. The molecule has 1 aromatic carbocycles. The third kappa shape index (κ3) is 3.60. The molecule has 1 atom stereocenters. The Morgan fingerprint density at radius 2 is 2.00 bits per heavy atom. The van der Waals surface area contributed by atoms with Crippen LogP contribution < -0.4 is 5.32 Å². The van der Waals surface area contributed by atoms with Crippen molar-refractivity contribution in [3.05, 3.63) is 47.3 Å². The highest BCUT2D eigenvalue weighted by molar-refractivity contribution is 7.13. The van der Waals surface area contributed by atoms with Gasteiger partial charge in [0.2, 0.25) is 11.8 Å². The van der Waals surface area contributed by atoms with Gasteiger partial charge >= 0.3 is 0 Å². The number of nitrogens with zero attached hydrogens (tertiary/aromatic N) is 1. The van der Waals surface area contributed by atoms with Crippen LogP contribution in [0.3, 0.4) is 0 Å². The van der Waals surface area contributed by atoms with Crippen molar-refractivity contribution < 1.29 is 9.59 Å². The van der Waals surface area contributed by atoms with Crippen molar-refractivity contribution in [3.8, 4) is 10.4 Å². The summed E-state index contributed by atoms with van der Waals surface area (Å²) in [6.45, 7) is 1.31. The van der Waals surface area contributed by atoms with Gasteiger partial charge in [-0.25, -0.2) is 0 Å². The molecule has 2 fully saturated rings. The highest BCUT2D eigenvalue weighted by atomic mass is 32.1. The molecule has 2 amide bonds. The largest absolute Gasteiger partial charge is 0.359 e. The van der Waals surface area contributed by atoms with Crippen molar-refractivity contribution >= 4 is 23.2 Å². The zero-order valence-corrected chi connectivity index (χ0v) is 17.3. The second-order valence-electron chi connectivity index (χ2n) is 8.16. The Balaban J connectivity index is 1.64. The fraction of sp³-hybridized carbons (Fsp3) is 0.478. The molecule has 2 aliphatic rings. The normalized spacial score (nSPS) is 22.5. The molecule has 1 N–H and O–H groups in total. The van der Waals surface area contributed by atoms with Crippen LogP contribution in [0.2, 0.25) is 0 Å². The predicted molar refractivity (Wildman–Crippen MR) is 113 cm³/mol. The Labute approximate surface area is 170 Å². The lowest BCUT2D eigenvalue weighted by Gasteiger charge is -2.43. The number of piperidine rings is 1. The Morgan fingerprint density at radius 1 is 1.18 bits per heavy atom. The summed E-state index contributed by atoms with van der Waals surface area (Å²) >= 11 is 1.72. The molecule has 0 spiro atoms. The molecular weight excluding hydrogens is 368 g/mol. The zero-order valence-electron chi connectivity index (χ0n) is 16.4. The third-order valence-electron chi connectivity index (χ3n) is 6.38. The quantitative estimate of drug-likeness (QED) is 0.827. The fourth-order valence-electron chi connectivity index (χ4n) is 4.62. The smallest absolute Gasteiger partial charge is 0.228 e. The highest BCUT2D eigenvalue weighted by Gasteiger charge is 2.44. The van der Waals surface area contributed by atoms with Crippen molar-refractivity contribution in [1.29, 1.82) is 0 Å². The predicted octanol–water partition coefficient (Wildman–Crippen LogP) is 4.11. The first-order chi connectivity index (χ1) is 13.6. The molecule has 4 nitrogen and oxygen atoms in total. The first-order valence-corrected chi connectivity index (χ1v) is 11.1. The first-order valence-electron chi connectivity index (χ1n) is 10.3. The van der Waals surface area contributed by atoms with Crippen molar-refractivity contribution in [3.63, 3.8) is 0 Å². The number of rotatable bonds is 5. The van der Waals surface area contributed by atoms with E-state index in [2.05, 4.69) is 41.0 Å². The summed E-state index contributed by atoms with van der Waals surface area (Å²) in [6.07, 6.45) is 5.52. The number of thiophene rings is 1. The fourth-order valence-corrected chi connectivity index (χ4v) is 5.41. The number of benzene rings is 1. The SMILES string of the molecule is CNC(=O)[C@]1(Cc2ccccc2-c2cccs2)CCCN(C(=O)C2CCC2)C1. The maximum atomic E-state index is 13.1. The summed E-state index contributed by atoms with van der Waals surface area (Å²) in [5.41, 5.74) is 1.83. The molecule has 1 aliphatic heterocycles. The minimum absolute atomic E-state index is 0.0552. The summed E-state index contributed by atoms with van der Waals surface area (Å²) in [6, 6.07) is 12.6. The molecule has 5 heteroatoms. The lowest BCUT2D eigenvalue weighted by molar-refractivity contribution is -0.146. The first kappa shape index (κ1) is 19.2. The second kappa shape index (κ2) is 8.08. The maximum Gasteiger partial charge on any atom is 0.228 e. The summed E-state index contributed by atoms with van der Waals surface area (Å²) in [4.78, 5) is 29.1. The zero-order chi connectivity index (χ0) is 19.6. The average molecular weight is 397 g/mol. The van der Waals surface area contributed by atoms with Crippen LogP contribution in [0.15, 0.2) is 41.8 Å². The molecule has 1 aromatic heterocycles. The maximum absolute atomic E-state index is 13.1. The van der Waals surface area contributed by atoms with Gasteiger partial charge in [0, 0.05) is 30.9 Å². The van der Waals surface area contributed by atoms with E-state index in [4.69, 9.17) is 0 Å². The standard InChI is InChI=1S/C23H28N2O2S/c1-24-22(27)23(12-6-13-25(16-23)21(26)17-8-4-9-17)15-18-7-2-3-10-19(18)20-11-5-14-28-20/h2-3,5,7,10-11,14,17H,4,6,8-9,12-13,15-16H2,1H3,(H,24,27)/t23-/m0/s1. The van der Waals surface area contributed by atoms with Crippen LogP contribution in [-0.4, -0.2) is 36.9 Å². The molecule has 0 radical (unpaired) electrons. The van der Waals surface area contributed by atoms with Crippen LogP contribution in [0.4, 0.5) is 0 Å². The van der Waals surface area contributed by atoms with Crippen LogP contribution in [-0.2, 0) is 16.0 Å². The molecule has 28 heavy (non-hydrogen) atoms. The molecule has 4 rings (SSSR count). The van der Waals surface area contributed by atoms with E-state index in [1.807, 2.05) is 11.0 Å². The van der Waals surface area contributed by atoms with Gasteiger partial charge in [-0.3, -0.25) is 9.59 Å². The van der Waals surface area contributed by atoms with Crippen LogP contribution in [0, 0.1) is 11.3 Å². The van der Waals surface area contributed by atoms with Gasteiger partial charge in [0.1, 0.15) is 0 Å². The summed E-state index contributed by atoms with van der Waals surface area (Å²) < 4.78 is 0. The van der Waals surface area contributed by atoms with Crippen LogP contribution >= 0.6 is 11.3 Å². The van der Waals surface area contributed by atoms with Gasteiger partial charge in [0.15, 0.2) is 0 Å². The van der Waals surface area contributed by atoms with E-state index in [9.17, 15) is 9.59 Å². The van der Waals surface area contributed by atoms with Crippen LogP contribution in [0.5, 0.6) is 0 Å². The van der Waals surface area contributed by atoms with Crippen molar-refractivity contribution in [1.82, 2.24) is 10.2 Å². The van der Waals surface area contributed by atoms with E-state index in [1.54, 1.807) is 18.4 Å². The molecule has 0 bridgehead atoms. The molecule has 0 unspecified atom stereocenters. The van der Waals surface area contributed by atoms with E-state index in [1.165, 1.54) is 16.0 Å². The van der Waals surface area contributed by atoms with Gasteiger partial charge in [-0.2, -0.15) is 0 Å². The molecule has 1 saturated heterocycles. The van der Waals surface area contributed by atoms with E-state index in [0.29, 0.717) is 13.0 Å². The van der Waals surface area contributed by atoms with Gasteiger partial charge in [0.25, 0.3) is 0 Å². The number of amides is 2. The van der Waals surface area contributed by atoms with E-state index in [0.717, 1.165) is 38.6 Å². The second-order valence-corrected chi connectivity index (χ2v) is 9.11. The molecule has 2 heterocycles. The number of nitrogens with one attached hydrogen (secondary N) is 1. The monoisotopic (exact) mass is 396 g/mol.